The number of nitrogens with one attached hydrogen (secondary N) is 1. The average Bonchev–Trinajstić information content (AvgIpc) is 2.34. The van der Waals surface area contributed by atoms with Crippen LogP contribution in [0.2, 0.25) is 0 Å². The van der Waals surface area contributed by atoms with E-state index in [0.717, 1.165) is 36.1 Å². The molecule has 0 aliphatic heterocycles. The first-order valence-corrected chi connectivity index (χ1v) is 6.60. The fraction of sp³-hybridized carbons (Fsp3) is 0.533. The van der Waals surface area contributed by atoms with Crippen molar-refractivity contribution in [2.24, 2.45) is 11.7 Å². The molecule has 0 radical (unpaired) electrons. The molecule has 3 N–H and O–H groups in total. The van der Waals surface area contributed by atoms with E-state index in [2.05, 4.69) is 12.2 Å². The monoisotopic (exact) mass is 248 g/mol. The second-order valence-electron chi connectivity index (χ2n) is 5.01. The summed E-state index contributed by atoms with van der Waals surface area (Å²) in [5, 5.41) is 2.98. The number of benzene rings is 1. The van der Waals surface area contributed by atoms with E-state index in [1.165, 1.54) is 0 Å². The number of carbonyl (C=O) groups excluding carboxylic acids is 1. The summed E-state index contributed by atoms with van der Waals surface area (Å²) in [6.45, 7) is 7.51. The van der Waals surface area contributed by atoms with Crippen LogP contribution in [0, 0.1) is 19.8 Å². The van der Waals surface area contributed by atoms with Crippen LogP contribution < -0.4 is 11.1 Å². The first-order chi connectivity index (χ1) is 8.56. The summed E-state index contributed by atoms with van der Waals surface area (Å²) in [4.78, 5) is 12.1. The highest BCUT2D eigenvalue weighted by Gasteiger charge is 2.10. The molecule has 0 aliphatic carbocycles. The molecule has 1 aromatic rings. The van der Waals surface area contributed by atoms with Gasteiger partial charge in [0, 0.05) is 12.1 Å². The van der Waals surface area contributed by atoms with Crippen molar-refractivity contribution in [2.75, 3.05) is 13.1 Å². The molecular formula is C15H24N2O. The number of nitrogens with two attached hydrogens (primary N) is 1. The minimum absolute atomic E-state index is 0.0333. The molecule has 0 saturated heterocycles. The molecule has 0 aliphatic rings. The number of amides is 1. The van der Waals surface area contributed by atoms with Crippen molar-refractivity contribution in [1.29, 1.82) is 0 Å². The summed E-state index contributed by atoms with van der Waals surface area (Å²) in [7, 11) is 0. The second kappa shape index (κ2) is 7.17. The molecule has 3 heteroatoms. The molecule has 100 valence electrons. The van der Waals surface area contributed by atoms with Gasteiger partial charge in [0.25, 0.3) is 5.91 Å². The van der Waals surface area contributed by atoms with Crippen molar-refractivity contribution < 1.29 is 4.79 Å². The van der Waals surface area contributed by atoms with Crippen LogP contribution in [0.1, 0.15) is 41.3 Å². The summed E-state index contributed by atoms with van der Waals surface area (Å²) in [6.07, 6.45) is 2.04. The van der Waals surface area contributed by atoms with E-state index in [-0.39, 0.29) is 5.91 Å². The topological polar surface area (TPSA) is 55.1 Å². The zero-order valence-corrected chi connectivity index (χ0v) is 11.6. The van der Waals surface area contributed by atoms with Crippen LogP contribution in [-0.4, -0.2) is 19.0 Å². The van der Waals surface area contributed by atoms with E-state index in [4.69, 9.17) is 5.73 Å². The minimum Gasteiger partial charge on any atom is -0.352 e. The lowest BCUT2D eigenvalue weighted by Gasteiger charge is -2.11. The Balaban J connectivity index is 2.46. The Hall–Kier alpha value is -1.35. The highest BCUT2D eigenvalue weighted by atomic mass is 16.1. The fourth-order valence-corrected chi connectivity index (χ4v) is 2.03. The van der Waals surface area contributed by atoms with Crippen LogP contribution in [0.3, 0.4) is 0 Å². The maximum absolute atomic E-state index is 12.1. The van der Waals surface area contributed by atoms with Gasteiger partial charge in [0.1, 0.15) is 0 Å². The summed E-state index contributed by atoms with van der Waals surface area (Å²) in [6, 6.07) is 5.92. The van der Waals surface area contributed by atoms with E-state index in [9.17, 15) is 4.79 Å². The Kier molecular flexibility index (Phi) is 5.86. The molecule has 1 unspecified atom stereocenters. The fourth-order valence-electron chi connectivity index (χ4n) is 2.03. The van der Waals surface area contributed by atoms with Crippen LogP contribution in [0.25, 0.3) is 0 Å². The lowest BCUT2D eigenvalue weighted by Crippen LogP contribution is -2.26. The zero-order chi connectivity index (χ0) is 13.5. The van der Waals surface area contributed by atoms with Crippen molar-refractivity contribution in [3.05, 3.63) is 34.9 Å². The number of aryl methyl sites for hydroxylation is 2. The highest BCUT2D eigenvalue weighted by molar-refractivity contribution is 5.96. The predicted molar refractivity (Wildman–Crippen MR) is 75.7 cm³/mol. The van der Waals surface area contributed by atoms with Gasteiger partial charge in [0.05, 0.1) is 0 Å². The average molecular weight is 248 g/mol. The lowest BCUT2D eigenvalue weighted by atomic mass is 10.0. The lowest BCUT2D eigenvalue weighted by molar-refractivity contribution is 0.0951. The zero-order valence-electron chi connectivity index (χ0n) is 11.6. The standard InChI is InChI=1S/C15H24N2O/c1-11(10-16)6-5-9-17-15(18)14-12(2)7-4-8-13(14)3/h4,7-8,11H,5-6,9-10,16H2,1-3H3,(H,17,18). The number of carbonyl (C=O) groups is 1. The first kappa shape index (κ1) is 14.7. The van der Waals surface area contributed by atoms with E-state index in [1.807, 2.05) is 32.0 Å². The molecule has 0 heterocycles. The summed E-state index contributed by atoms with van der Waals surface area (Å²) < 4.78 is 0. The largest absolute Gasteiger partial charge is 0.352 e. The number of hydrogen-bond acceptors (Lipinski definition) is 2. The van der Waals surface area contributed by atoms with E-state index in [1.54, 1.807) is 0 Å². The maximum Gasteiger partial charge on any atom is 0.251 e. The maximum atomic E-state index is 12.1. The van der Waals surface area contributed by atoms with Gasteiger partial charge in [-0.2, -0.15) is 0 Å². The number of rotatable bonds is 6. The summed E-state index contributed by atoms with van der Waals surface area (Å²) in [5.74, 6) is 0.563. The smallest absolute Gasteiger partial charge is 0.251 e. The quantitative estimate of drug-likeness (QED) is 0.760. The van der Waals surface area contributed by atoms with Crippen molar-refractivity contribution >= 4 is 5.91 Å². The molecule has 0 bridgehead atoms. The van der Waals surface area contributed by atoms with Gasteiger partial charge in [-0.3, -0.25) is 4.79 Å². The Morgan fingerprint density at radius 1 is 1.33 bits per heavy atom. The van der Waals surface area contributed by atoms with Gasteiger partial charge in [0.2, 0.25) is 0 Å². The van der Waals surface area contributed by atoms with Gasteiger partial charge in [-0.15, -0.1) is 0 Å². The molecule has 3 nitrogen and oxygen atoms in total. The number of hydrogen-bond donors (Lipinski definition) is 2. The third-order valence-electron chi connectivity index (χ3n) is 3.27. The second-order valence-corrected chi connectivity index (χ2v) is 5.01. The van der Waals surface area contributed by atoms with Crippen LogP contribution in [-0.2, 0) is 0 Å². The van der Waals surface area contributed by atoms with Crippen LogP contribution in [0.5, 0.6) is 0 Å². The summed E-state index contributed by atoms with van der Waals surface area (Å²) in [5.41, 5.74) is 8.43. The molecule has 1 amide bonds. The van der Waals surface area contributed by atoms with E-state index < -0.39 is 0 Å². The van der Waals surface area contributed by atoms with Crippen molar-refractivity contribution in [3.63, 3.8) is 0 Å². The Morgan fingerprint density at radius 3 is 2.50 bits per heavy atom. The van der Waals surface area contributed by atoms with Crippen molar-refractivity contribution in [2.45, 2.75) is 33.6 Å². The third kappa shape index (κ3) is 4.15. The molecular weight excluding hydrogens is 224 g/mol. The predicted octanol–water partition coefficient (Wildman–Crippen LogP) is 2.41. The van der Waals surface area contributed by atoms with Crippen LogP contribution in [0.15, 0.2) is 18.2 Å². The van der Waals surface area contributed by atoms with E-state index in [0.29, 0.717) is 12.5 Å². The molecule has 0 saturated carbocycles. The highest BCUT2D eigenvalue weighted by Crippen LogP contribution is 2.13. The Bertz CT molecular complexity index is 381. The molecule has 1 atom stereocenters. The summed E-state index contributed by atoms with van der Waals surface area (Å²) >= 11 is 0. The van der Waals surface area contributed by atoms with Gasteiger partial charge in [-0.1, -0.05) is 25.1 Å². The normalized spacial score (nSPS) is 12.2. The molecule has 1 aromatic carbocycles. The molecule has 0 spiro atoms. The van der Waals surface area contributed by atoms with Gasteiger partial charge >= 0.3 is 0 Å². The molecule has 18 heavy (non-hydrogen) atoms. The minimum atomic E-state index is 0.0333. The molecule has 0 aromatic heterocycles. The van der Waals surface area contributed by atoms with E-state index >= 15 is 0 Å². The van der Waals surface area contributed by atoms with Gasteiger partial charge in [-0.05, 0) is 50.3 Å². The molecule has 0 fully saturated rings. The van der Waals surface area contributed by atoms with Crippen molar-refractivity contribution in [1.82, 2.24) is 5.32 Å². The molecule has 1 rings (SSSR count). The first-order valence-electron chi connectivity index (χ1n) is 6.60. The van der Waals surface area contributed by atoms with Gasteiger partial charge < -0.3 is 11.1 Å². The SMILES string of the molecule is Cc1cccc(C)c1C(=O)NCCCC(C)CN. The Labute approximate surface area is 110 Å². The van der Waals surface area contributed by atoms with Gasteiger partial charge in [-0.25, -0.2) is 0 Å². The van der Waals surface area contributed by atoms with Gasteiger partial charge in [0.15, 0.2) is 0 Å². The van der Waals surface area contributed by atoms with Crippen LogP contribution >= 0.6 is 0 Å². The van der Waals surface area contributed by atoms with Crippen LogP contribution in [0.4, 0.5) is 0 Å². The van der Waals surface area contributed by atoms with Crippen molar-refractivity contribution in [3.8, 4) is 0 Å². The third-order valence-corrected chi connectivity index (χ3v) is 3.27. The Morgan fingerprint density at radius 2 is 1.94 bits per heavy atom.